The van der Waals surface area contributed by atoms with Gasteiger partial charge in [0.25, 0.3) is 5.91 Å². The molecule has 0 fully saturated rings. The van der Waals surface area contributed by atoms with E-state index in [1.54, 1.807) is 13.0 Å². The molecule has 3 nitrogen and oxygen atoms in total. The number of nitrogens with zero attached hydrogens (tertiary/aromatic N) is 1. The van der Waals surface area contributed by atoms with E-state index < -0.39 is 5.91 Å². The Balaban J connectivity index is 3.19. The molecule has 1 aromatic rings. The van der Waals surface area contributed by atoms with Crippen LogP contribution in [-0.4, -0.2) is 5.91 Å². The van der Waals surface area contributed by atoms with Crippen LogP contribution in [0, 0.1) is 11.3 Å². The summed E-state index contributed by atoms with van der Waals surface area (Å²) in [6.45, 7) is 1.72. The SMILES string of the molecule is C/C(=C(\C#N)C(N)=O)c1cccs1. The molecule has 1 rings (SSSR count). The zero-order valence-electron chi connectivity index (χ0n) is 7.07. The van der Waals surface area contributed by atoms with Gasteiger partial charge >= 0.3 is 0 Å². The molecule has 0 aromatic carbocycles. The minimum atomic E-state index is -0.673. The van der Waals surface area contributed by atoms with E-state index in [9.17, 15) is 4.79 Å². The molecule has 66 valence electrons. The minimum Gasteiger partial charge on any atom is -0.365 e. The molecule has 4 heteroatoms. The average molecular weight is 192 g/mol. The van der Waals surface area contributed by atoms with Crippen LogP contribution in [0.15, 0.2) is 23.1 Å². The molecule has 0 saturated heterocycles. The Morgan fingerprint density at radius 3 is 2.77 bits per heavy atom. The first-order chi connectivity index (χ1) is 6.16. The average Bonchev–Trinajstić information content (AvgIpc) is 2.56. The summed E-state index contributed by atoms with van der Waals surface area (Å²) in [4.78, 5) is 11.7. The zero-order valence-corrected chi connectivity index (χ0v) is 7.89. The summed E-state index contributed by atoms with van der Waals surface area (Å²) in [6.07, 6.45) is 0. The fourth-order valence-electron chi connectivity index (χ4n) is 0.939. The second-order valence-corrected chi connectivity index (χ2v) is 3.40. The Labute approximate surface area is 80.1 Å². The molecule has 0 bridgehead atoms. The first kappa shape index (κ1) is 9.49. The second kappa shape index (κ2) is 3.87. The summed E-state index contributed by atoms with van der Waals surface area (Å²) in [5.41, 5.74) is 5.71. The molecule has 0 atom stereocenters. The largest absolute Gasteiger partial charge is 0.365 e. The van der Waals surface area contributed by atoms with Gasteiger partial charge in [0.1, 0.15) is 11.6 Å². The van der Waals surface area contributed by atoms with Crippen molar-refractivity contribution < 1.29 is 4.79 Å². The number of allylic oxidation sites excluding steroid dienone is 1. The number of nitrogens with two attached hydrogens (primary N) is 1. The van der Waals surface area contributed by atoms with Gasteiger partial charge in [-0.15, -0.1) is 11.3 Å². The lowest BCUT2D eigenvalue weighted by Crippen LogP contribution is -2.13. The number of amides is 1. The summed E-state index contributed by atoms with van der Waals surface area (Å²) in [5, 5.41) is 10.5. The molecule has 0 radical (unpaired) electrons. The number of thiophene rings is 1. The smallest absolute Gasteiger partial charge is 0.259 e. The minimum absolute atomic E-state index is 0.0300. The third-order valence-corrected chi connectivity index (χ3v) is 2.61. The lowest BCUT2D eigenvalue weighted by molar-refractivity contribution is -0.114. The second-order valence-electron chi connectivity index (χ2n) is 2.45. The van der Waals surface area contributed by atoms with Crippen LogP contribution < -0.4 is 5.73 Å². The Morgan fingerprint density at radius 1 is 1.69 bits per heavy atom. The molecule has 0 aliphatic rings. The van der Waals surface area contributed by atoms with Crippen LogP contribution in [0.1, 0.15) is 11.8 Å². The summed E-state index contributed by atoms with van der Waals surface area (Å²) in [5.74, 6) is -0.673. The Morgan fingerprint density at radius 2 is 2.38 bits per heavy atom. The summed E-state index contributed by atoms with van der Waals surface area (Å²) >= 11 is 1.48. The van der Waals surface area contributed by atoms with E-state index in [0.717, 1.165) is 4.88 Å². The van der Waals surface area contributed by atoms with Gasteiger partial charge < -0.3 is 5.73 Å². The maximum absolute atomic E-state index is 10.8. The van der Waals surface area contributed by atoms with Gasteiger partial charge in [-0.05, 0) is 23.9 Å². The third-order valence-electron chi connectivity index (χ3n) is 1.62. The highest BCUT2D eigenvalue weighted by Gasteiger charge is 2.10. The predicted octanol–water partition coefficient (Wildman–Crippen LogP) is 1.53. The van der Waals surface area contributed by atoms with E-state index in [1.807, 2.05) is 17.5 Å². The molecule has 0 saturated carbocycles. The van der Waals surface area contributed by atoms with Crippen molar-refractivity contribution in [3.63, 3.8) is 0 Å². The predicted molar refractivity (Wildman–Crippen MR) is 51.7 cm³/mol. The van der Waals surface area contributed by atoms with Crippen molar-refractivity contribution in [1.29, 1.82) is 5.26 Å². The fourth-order valence-corrected chi connectivity index (χ4v) is 1.68. The van der Waals surface area contributed by atoms with Gasteiger partial charge in [0.2, 0.25) is 0 Å². The summed E-state index contributed by atoms with van der Waals surface area (Å²) in [7, 11) is 0. The van der Waals surface area contributed by atoms with Gasteiger partial charge in [-0.3, -0.25) is 4.79 Å². The molecule has 0 aliphatic heterocycles. The third kappa shape index (κ3) is 1.95. The number of carbonyl (C=O) groups is 1. The maximum atomic E-state index is 10.8. The van der Waals surface area contributed by atoms with E-state index in [0.29, 0.717) is 5.57 Å². The highest BCUT2D eigenvalue weighted by molar-refractivity contribution is 7.11. The van der Waals surface area contributed by atoms with E-state index >= 15 is 0 Å². The van der Waals surface area contributed by atoms with Crippen LogP contribution in [0.25, 0.3) is 5.57 Å². The molecule has 13 heavy (non-hydrogen) atoms. The first-order valence-corrected chi connectivity index (χ1v) is 4.49. The quantitative estimate of drug-likeness (QED) is 0.570. The zero-order chi connectivity index (χ0) is 9.84. The maximum Gasteiger partial charge on any atom is 0.259 e. The number of hydrogen-bond donors (Lipinski definition) is 1. The van der Waals surface area contributed by atoms with Gasteiger partial charge in [-0.2, -0.15) is 5.26 Å². The van der Waals surface area contributed by atoms with Crippen LogP contribution in [0.4, 0.5) is 0 Å². The Bertz CT molecular complexity index is 384. The number of nitriles is 1. The lowest BCUT2D eigenvalue weighted by Gasteiger charge is -1.98. The van der Waals surface area contributed by atoms with Crippen molar-refractivity contribution in [3.8, 4) is 6.07 Å². The molecule has 0 spiro atoms. The molecule has 1 amide bonds. The Kier molecular flexibility index (Phi) is 2.83. The van der Waals surface area contributed by atoms with E-state index in [4.69, 9.17) is 11.0 Å². The van der Waals surface area contributed by atoms with Crippen LogP contribution in [0.3, 0.4) is 0 Å². The Hall–Kier alpha value is -1.60. The highest BCUT2D eigenvalue weighted by atomic mass is 32.1. The number of carbonyl (C=O) groups excluding carboxylic acids is 1. The van der Waals surface area contributed by atoms with Crippen LogP contribution >= 0.6 is 11.3 Å². The van der Waals surface area contributed by atoms with Crippen molar-refractivity contribution in [2.45, 2.75) is 6.92 Å². The monoisotopic (exact) mass is 192 g/mol. The van der Waals surface area contributed by atoms with Crippen LogP contribution in [0.2, 0.25) is 0 Å². The normalized spacial score (nSPS) is 11.7. The van der Waals surface area contributed by atoms with Crippen molar-refractivity contribution in [2.75, 3.05) is 0 Å². The van der Waals surface area contributed by atoms with Gasteiger partial charge in [-0.25, -0.2) is 0 Å². The topological polar surface area (TPSA) is 66.9 Å². The van der Waals surface area contributed by atoms with E-state index in [1.165, 1.54) is 11.3 Å². The van der Waals surface area contributed by atoms with Crippen molar-refractivity contribution in [2.24, 2.45) is 5.73 Å². The summed E-state index contributed by atoms with van der Waals surface area (Å²) < 4.78 is 0. The van der Waals surface area contributed by atoms with Crippen LogP contribution in [0.5, 0.6) is 0 Å². The highest BCUT2D eigenvalue weighted by Crippen LogP contribution is 2.22. The molecule has 0 unspecified atom stereocenters. The molecule has 1 aromatic heterocycles. The fraction of sp³-hybridized carbons (Fsp3) is 0.111. The van der Waals surface area contributed by atoms with Crippen LogP contribution in [-0.2, 0) is 4.79 Å². The van der Waals surface area contributed by atoms with Crippen molar-refractivity contribution in [1.82, 2.24) is 0 Å². The van der Waals surface area contributed by atoms with Gasteiger partial charge in [0, 0.05) is 4.88 Å². The lowest BCUT2D eigenvalue weighted by atomic mass is 10.1. The van der Waals surface area contributed by atoms with E-state index in [-0.39, 0.29) is 5.57 Å². The summed E-state index contributed by atoms with van der Waals surface area (Å²) in [6, 6.07) is 5.51. The molecule has 0 aliphatic carbocycles. The molecular weight excluding hydrogens is 184 g/mol. The molecule has 1 heterocycles. The van der Waals surface area contributed by atoms with Gasteiger partial charge in [0.15, 0.2) is 0 Å². The van der Waals surface area contributed by atoms with Crippen molar-refractivity contribution >= 4 is 22.8 Å². The standard InChI is InChI=1S/C9H8N2OS/c1-6(7(5-10)9(11)12)8-3-2-4-13-8/h2-4H,1H3,(H2,11,12)/b7-6-. The van der Waals surface area contributed by atoms with E-state index in [2.05, 4.69) is 0 Å². The molecule has 2 N–H and O–H groups in total. The number of rotatable bonds is 2. The number of primary amides is 1. The molecular formula is C9H8N2OS. The van der Waals surface area contributed by atoms with Gasteiger partial charge in [-0.1, -0.05) is 6.07 Å². The van der Waals surface area contributed by atoms with Crippen molar-refractivity contribution in [3.05, 3.63) is 28.0 Å². The number of hydrogen-bond acceptors (Lipinski definition) is 3. The first-order valence-electron chi connectivity index (χ1n) is 3.61. The van der Waals surface area contributed by atoms with Gasteiger partial charge in [0.05, 0.1) is 0 Å².